The second kappa shape index (κ2) is 7.69. The Bertz CT molecular complexity index is 333. The lowest BCUT2D eigenvalue weighted by molar-refractivity contribution is 0.105. The van der Waals surface area contributed by atoms with E-state index in [1.165, 1.54) is 0 Å². The molecule has 0 N–H and O–H groups in total. The molecule has 96 valence electrons. The molecule has 0 aliphatic heterocycles. The highest BCUT2D eigenvalue weighted by atomic mass is 79.9. The molecular formula is C13H20BrNO2. The first-order chi connectivity index (χ1) is 8.13. The lowest BCUT2D eigenvalue weighted by Gasteiger charge is -2.23. The maximum atomic E-state index is 5.67. The van der Waals surface area contributed by atoms with Crippen LogP contribution in [0.15, 0.2) is 28.7 Å². The quantitative estimate of drug-likeness (QED) is 0.773. The number of rotatable bonds is 7. The Kier molecular flexibility index (Phi) is 6.55. The number of hydrogen-bond acceptors (Lipinski definition) is 3. The summed E-state index contributed by atoms with van der Waals surface area (Å²) in [6, 6.07) is 8.30. The van der Waals surface area contributed by atoms with E-state index in [2.05, 4.69) is 34.8 Å². The van der Waals surface area contributed by atoms with E-state index >= 15 is 0 Å². The van der Waals surface area contributed by atoms with Crippen LogP contribution >= 0.6 is 15.9 Å². The second-order valence-corrected chi connectivity index (χ2v) is 5.01. The fourth-order valence-corrected chi connectivity index (χ4v) is 1.83. The minimum atomic E-state index is 0.408. The van der Waals surface area contributed by atoms with Gasteiger partial charge in [-0.1, -0.05) is 22.0 Å². The SMILES string of the molecule is COCC(C)N(C)CCOc1cccc(Br)c1. The van der Waals surface area contributed by atoms with Crippen molar-refractivity contribution in [3.63, 3.8) is 0 Å². The molecule has 4 heteroatoms. The van der Waals surface area contributed by atoms with E-state index in [1.54, 1.807) is 7.11 Å². The van der Waals surface area contributed by atoms with Crippen LogP contribution in [0.25, 0.3) is 0 Å². The number of ether oxygens (including phenoxy) is 2. The van der Waals surface area contributed by atoms with E-state index in [-0.39, 0.29) is 0 Å². The van der Waals surface area contributed by atoms with Crippen molar-refractivity contribution in [3.05, 3.63) is 28.7 Å². The monoisotopic (exact) mass is 301 g/mol. The topological polar surface area (TPSA) is 21.7 Å². The van der Waals surface area contributed by atoms with Crippen LogP contribution < -0.4 is 4.74 Å². The molecule has 0 spiro atoms. The molecule has 0 amide bonds. The molecule has 1 unspecified atom stereocenters. The van der Waals surface area contributed by atoms with Crippen molar-refractivity contribution in [3.8, 4) is 5.75 Å². The van der Waals surface area contributed by atoms with Gasteiger partial charge in [-0.15, -0.1) is 0 Å². The molecule has 0 bridgehead atoms. The molecule has 1 atom stereocenters. The van der Waals surface area contributed by atoms with Crippen LogP contribution in [0.4, 0.5) is 0 Å². The van der Waals surface area contributed by atoms with Gasteiger partial charge in [-0.2, -0.15) is 0 Å². The van der Waals surface area contributed by atoms with Gasteiger partial charge in [0.1, 0.15) is 12.4 Å². The van der Waals surface area contributed by atoms with Gasteiger partial charge in [-0.25, -0.2) is 0 Å². The number of benzene rings is 1. The third kappa shape index (κ3) is 5.52. The van der Waals surface area contributed by atoms with Crippen molar-refractivity contribution in [2.75, 3.05) is 33.9 Å². The summed E-state index contributed by atoms with van der Waals surface area (Å²) in [5.41, 5.74) is 0. The number of halogens is 1. The Morgan fingerprint density at radius 3 is 2.82 bits per heavy atom. The van der Waals surface area contributed by atoms with Gasteiger partial charge in [0.25, 0.3) is 0 Å². The molecule has 0 radical (unpaired) electrons. The summed E-state index contributed by atoms with van der Waals surface area (Å²) in [6.07, 6.45) is 0. The van der Waals surface area contributed by atoms with Gasteiger partial charge in [0.15, 0.2) is 0 Å². The molecule has 17 heavy (non-hydrogen) atoms. The van der Waals surface area contributed by atoms with Gasteiger partial charge in [0.2, 0.25) is 0 Å². The van der Waals surface area contributed by atoms with E-state index < -0.39 is 0 Å². The van der Waals surface area contributed by atoms with Crippen molar-refractivity contribution >= 4 is 15.9 Å². The average Bonchev–Trinajstić information content (AvgIpc) is 2.29. The lowest BCUT2D eigenvalue weighted by atomic mass is 10.3. The summed E-state index contributed by atoms with van der Waals surface area (Å²) in [5, 5.41) is 0. The Morgan fingerprint density at radius 2 is 2.18 bits per heavy atom. The number of likely N-dealkylation sites (N-methyl/N-ethyl adjacent to an activating group) is 1. The fourth-order valence-electron chi connectivity index (χ4n) is 1.45. The molecule has 0 saturated carbocycles. The Balaban J connectivity index is 2.28. The summed E-state index contributed by atoms with van der Waals surface area (Å²) in [5.74, 6) is 0.896. The minimum absolute atomic E-state index is 0.408. The Labute approximate surface area is 112 Å². The standard InChI is InChI=1S/C13H20BrNO2/c1-11(10-16-3)15(2)7-8-17-13-6-4-5-12(14)9-13/h4-6,9,11H,7-8,10H2,1-3H3. The van der Waals surface area contributed by atoms with Crippen LogP contribution in [0.1, 0.15) is 6.92 Å². The van der Waals surface area contributed by atoms with Crippen LogP contribution in [-0.2, 0) is 4.74 Å². The van der Waals surface area contributed by atoms with Crippen LogP contribution in [0.3, 0.4) is 0 Å². The van der Waals surface area contributed by atoms with Gasteiger partial charge in [-0.05, 0) is 32.2 Å². The summed E-state index contributed by atoms with van der Waals surface area (Å²) < 4.78 is 11.8. The molecule has 0 saturated heterocycles. The lowest BCUT2D eigenvalue weighted by Crippen LogP contribution is -2.35. The minimum Gasteiger partial charge on any atom is -0.492 e. The van der Waals surface area contributed by atoms with Crippen molar-refractivity contribution in [1.82, 2.24) is 4.90 Å². The number of hydrogen-bond donors (Lipinski definition) is 0. The molecule has 1 aromatic carbocycles. The van der Waals surface area contributed by atoms with Gasteiger partial charge in [0, 0.05) is 24.2 Å². The molecule has 0 fully saturated rings. The zero-order valence-corrected chi connectivity index (χ0v) is 12.2. The molecular weight excluding hydrogens is 282 g/mol. The van der Waals surface area contributed by atoms with Crippen LogP contribution in [-0.4, -0.2) is 44.9 Å². The predicted octanol–water partition coefficient (Wildman–Crippen LogP) is 2.79. The predicted molar refractivity (Wildman–Crippen MR) is 73.6 cm³/mol. The van der Waals surface area contributed by atoms with Crippen LogP contribution in [0, 0.1) is 0 Å². The molecule has 0 aliphatic carbocycles. The van der Waals surface area contributed by atoms with E-state index in [0.717, 1.165) is 23.4 Å². The summed E-state index contributed by atoms with van der Waals surface area (Å²) in [6.45, 7) is 4.45. The van der Waals surface area contributed by atoms with Gasteiger partial charge < -0.3 is 9.47 Å². The Morgan fingerprint density at radius 1 is 1.41 bits per heavy atom. The summed E-state index contributed by atoms with van der Waals surface area (Å²) >= 11 is 3.42. The molecule has 1 aromatic rings. The van der Waals surface area contributed by atoms with Crippen LogP contribution in [0.5, 0.6) is 5.75 Å². The molecule has 3 nitrogen and oxygen atoms in total. The fraction of sp³-hybridized carbons (Fsp3) is 0.538. The van der Waals surface area contributed by atoms with Crippen molar-refractivity contribution in [1.29, 1.82) is 0 Å². The highest BCUT2D eigenvalue weighted by Gasteiger charge is 2.08. The van der Waals surface area contributed by atoms with Gasteiger partial charge in [0.05, 0.1) is 6.61 Å². The van der Waals surface area contributed by atoms with E-state index in [1.807, 2.05) is 24.3 Å². The summed E-state index contributed by atoms with van der Waals surface area (Å²) in [4.78, 5) is 2.22. The molecule has 0 aromatic heterocycles. The van der Waals surface area contributed by atoms with Gasteiger partial charge >= 0.3 is 0 Å². The number of methoxy groups -OCH3 is 1. The Hall–Kier alpha value is -0.580. The highest BCUT2D eigenvalue weighted by molar-refractivity contribution is 9.10. The van der Waals surface area contributed by atoms with Crippen molar-refractivity contribution in [2.24, 2.45) is 0 Å². The molecule has 1 rings (SSSR count). The normalized spacial score (nSPS) is 12.8. The summed E-state index contributed by atoms with van der Waals surface area (Å²) in [7, 11) is 3.80. The largest absolute Gasteiger partial charge is 0.492 e. The third-order valence-electron chi connectivity index (χ3n) is 2.67. The number of nitrogens with zero attached hydrogens (tertiary/aromatic N) is 1. The first-order valence-corrected chi connectivity index (χ1v) is 6.50. The first kappa shape index (κ1) is 14.5. The van der Waals surface area contributed by atoms with Crippen LogP contribution in [0.2, 0.25) is 0 Å². The van der Waals surface area contributed by atoms with Crippen molar-refractivity contribution in [2.45, 2.75) is 13.0 Å². The second-order valence-electron chi connectivity index (χ2n) is 4.09. The van der Waals surface area contributed by atoms with E-state index in [9.17, 15) is 0 Å². The van der Waals surface area contributed by atoms with E-state index in [4.69, 9.17) is 9.47 Å². The zero-order chi connectivity index (χ0) is 12.7. The first-order valence-electron chi connectivity index (χ1n) is 5.71. The van der Waals surface area contributed by atoms with Crippen molar-refractivity contribution < 1.29 is 9.47 Å². The highest BCUT2D eigenvalue weighted by Crippen LogP contribution is 2.17. The maximum Gasteiger partial charge on any atom is 0.120 e. The zero-order valence-electron chi connectivity index (χ0n) is 10.6. The smallest absolute Gasteiger partial charge is 0.120 e. The average molecular weight is 302 g/mol. The van der Waals surface area contributed by atoms with E-state index in [0.29, 0.717) is 12.6 Å². The van der Waals surface area contributed by atoms with Gasteiger partial charge in [-0.3, -0.25) is 4.90 Å². The third-order valence-corrected chi connectivity index (χ3v) is 3.16. The maximum absolute atomic E-state index is 5.67. The molecule has 0 heterocycles. The molecule has 0 aliphatic rings.